The molecule has 1 aliphatic heterocycles. The number of piperidine rings is 1. The van der Waals surface area contributed by atoms with Gasteiger partial charge >= 0.3 is 12.1 Å². The second-order valence-electron chi connectivity index (χ2n) is 10.6. The maximum Gasteiger partial charge on any atom is 0.418 e. The van der Waals surface area contributed by atoms with E-state index in [0.29, 0.717) is 31.7 Å². The van der Waals surface area contributed by atoms with Gasteiger partial charge in [-0.1, -0.05) is 32.0 Å². The van der Waals surface area contributed by atoms with Crippen LogP contribution in [0.1, 0.15) is 39.2 Å². The summed E-state index contributed by atoms with van der Waals surface area (Å²) in [6, 6.07) is 12.2. The molecular formula is C28H31F3N4O5S. The molecule has 1 saturated heterocycles. The summed E-state index contributed by atoms with van der Waals surface area (Å²) in [5, 5.41) is 9.11. The van der Waals surface area contributed by atoms with Crippen molar-refractivity contribution in [2.45, 2.75) is 44.8 Å². The SMILES string of the molecule is CC(C)COc1ccccc1-c1nc(NS(=O)(=O)c2cccc(N3CCC(C)(C(=O)O)CC3)n2)ccc1C(F)(F)F. The Morgan fingerprint density at radius 1 is 1.07 bits per heavy atom. The predicted molar refractivity (Wildman–Crippen MR) is 147 cm³/mol. The fourth-order valence-electron chi connectivity index (χ4n) is 4.36. The lowest BCUT2D eigenvalue weighted by molar-refractivity contribution is -0.149. The van der Waals surface area contributed by atoms with Crippen molar-refractivity contribution in [3.63, 3.8) is 0 Å². The molecule has 220 valence electrons. The largest absolute Gasteiger partial charge is 0.493 e. The molecule has 3 heterocycles. The highest BCUT2D eigenvalue weighted by atomic mass is 32.2. The molecule has 1 aromatic carbocycles. The van der Waals surface area contributed by atoms with Gasteiger partial charge in [0.25, 0.3) is 10.0 Å². The van der Waals surface area contributed by atoms with E-state index in [4.69, 9.17) is 4.74 Å². The zero-order chi connectivity index (χ0) is 30.0. The monoisotopic (exact) mass is 592 g/mol. The third-order valence-electron chi connectivity index (χ3n) is 6.85. The van der Waals surface area contributed by atoms with Gasteiger partial charge < -0.3 is 14.7 Å². The molecule has 0 spiro atoms. The van der Waals surface area contributed by atoms with Gasteiger partial charge in [0.2, 0.25) is 0 Å². The molecule has 0 saturated carbocycles. The van der Waals surface area contributed by atoms with Crippen LogP contribution < -0.4 is 14.4 Å². The number of alkyl halides is 3. The zero-order valence-electron chi connectivity index (χ0n) is 22.8. The van der Waals surface area contributed by atoms with Gasteiger partial charge in [0.1, 0.15) is 17.4 Å². The first-order valence-electron chi connectivity index (χ1n) is 13.0. The van der Waals surface area contributed by atoms with Crippen LogP contribution in [0.2, 0.25) is 0 Å². The Kier molecular flexibility index (Phi) is 8.48. The van der Waals surface area contributed by atoms with E-state index >= 15 is 0 Å². The van der Waals surface area contributed by atoms with Crippen LogP contribution in [0, 0.1) is 11.3 Å². The second kappa shape index (κ2) is 11.6. The topological polar surface area (TPSA) is 122 Å². The molecule has 4 rings (SSSR count). The molecule has 13 heteroatoms. The summed E-state index contributed by atoms with van der Waals surface area (Å²) < 4.78 is 76.4. The molecule has 2 N–H and O–H groups in total. The van der Waals surface area contributed by atoms with E-state index in [1.165, 1.54) is 24.3 Å². The fraction of sp³-hybridized carbons (Fsp3) is 0.393. The van der Waals surface area contributed by atoms with E-state index in [0.717, 1.165) is 12.1 Å². The number of carboxylic acid groups (broad SMARTS) is 1. The van der Waals surface area contributed by atoms with Gasteiger partial charge in [-0.3, -0.25) is 9.52 Å². The number of carboxylic acids is 1. The van der Waals surface area contributed by atoms with Gasteiger partial charge in [-0.25, -0.2) is 9.97 Å². The van der Waals surface area contributed by atoms with Crippen LogP contribution in [-0.4, -0.2) is 49.2 Å². The second-order valence-corrected chi connectivity index (χ2v) is 12.2. The number of anilines is 2. The molecule has 41 heavy (non-hydrogen) atoms. The lowest BCUT2D eigenvalue weighted by atomic mass is 9.80. The first kappa shape index (κ1) is 30.1. The third-order valence-corrected chi connectivity index (χ3v) is 8.10. The maximum absolute atomic E-state index is 14.0. The molecule has 0 bridgehead atoms. The summed E-state index contributed by atoms with van der Waals surface area (Å²) in [6.45, 7) is 6.48. The van der Waals surface area contributed by atoms with Crippen LogP contribution in [0.5, 0.6) is 5.75 Å². The molecule has 9 nitrogen and oxygen atoms in total. The van der Waals surface area contributed by atoms with Crippen molar-refractivity contribution in [1.29, 1.82) is 0 Å². The summed E-state index contributed by atoms with van der Waals surface area (Å²) in [7, 11) is -4.35. The third kappa shape index (κ3) is 6.89. The molecule has 0 unspecified atom stereocenters. The van der Waals surface area contributed by atoms with Crippen LogP contribution >= 0.6 is 0 Å². The zero-order valence-corrected chi connectivity index (χ0v) is 23.6. The maximum atomic E-state index is 14.0. The van der Waals surface area contributed by atoms with Crippen LogP contribution in [0.25, 0.3) is 11.3 Å². The van der Waals surface area contributed by atoms with Gasteiger partial charge in [0, 0.05) is 18.7 Å². The molecule has 3 aromatic rings. The summed E-state index contributed by atoms with van der Waals surface area (Å²) >= 11 is 0. The Bertz CT molecular complexity index is 1520. The summed E-state index contributed by atoms with van der Waals surface area (Å²) in [5.74, 6) is -0.560. The minimum atomic E-state index is -4.76. The Morgan fingerprint density at radius 2 is 1.76 bits per heavy atom. The van der Waals surface area contributed by atoms with Gasteiger partial charge in [0.15, 0.2) is 5.03 Å². The van der Waals surface area contributed by atoms with Gasteiger partial charge in [-0.15, -0.1) is 0 Å². The standard InChI is InChI=1S/C28H31F3N4O5S/c1-18(2)17-40-21-8-5-4-7-19(21)25-20(28(29,30)31)11-12-22(32-25)34-41(38,39)24-10-6-9-23(33-24)35-15-13-27(3,14-16-35)26(36)37/h4-12,18H,13-17H2,1-3H3,(H,32,34)(H,36,37). The highest BCUT2D eigenvalue weighted by Gasteiger charge is 2.38. The van der Waals surface area contributed by atoms with E-state index in [2.05, 4.69) is 14.7 Å². The van der Waals surface area contributed by atoms with Crippen molar-refractivity contribution in [2.24, 2.45) is 11.3 Å². The number of benzene rings is 1. The number of carbonyl (C=O) groups is 1. The molecule has 0 atom stereocenters. The first-order chi connectivity index (χ1) is 19.2. The lowest BCUT2D eigenvalue weighted by Gasteiger charge is -2.37. The molecule has 1 aliphatic rings. The highest BCUT2D eigenvalue weighted by Crippen LogP contribution is 2.40. The first-order valence-corrected chi connectivity index (χ1v) is 14.5. The van der Waals surface area contributed by atoms with Gasteiger partial charge in [-0.05, 0) is 62.1 Å². The number of para-hydroxylation sites is 1. The van der Waals surface area contributed by atoms with Gasteiger partial charge in [-0.2, -0.15) is 21.6 Å². The number of rotatable bonds is 9. The van der Waals surface area contributed by atoms with E-state index in [-0.39, 0.29) is 34.7 Å². The average molecular weight is 593 g/mol. The molecule has 0 amide bonds. The van der Waals surface area contributed by atoms with Crippen LogP contribution in [-0.2, 0) is 21.0 Å². The quantitative estimate of drug-likeness (QED) is 0.325. The Balaban J connectivity index is 1.64. The van der Waals surface area contributed by atoms with E-state index in [9.17, 15) is 31.5 Å². The predicted octanol–water partition coefficient (Wildman–Crippen LogP) is 5.69. The number of pyridine rings is 2. The van der Waals surface area contributed by atoms with Crippen molar-refractivity contribution >= 4 is 27.6 Å². The van der Waals surface area contributed by atoms with E-state index < -0.39 is 38.8 Å². The van der Waals surface area contributed by atoms with Crippen molar-refractivity contribution in [3.05, 3.63) is 60.2 Å². The van der Waals surface area contributed by atoms with Crippen LogP contribution in [0.4, 0.5) is 24.8 Å². The number of hydrogen-bond donors (Lipinski definition) is 2. The van der Waals surface area contributed by atoms with Crippen molar-refractivity contribution in [2.75, 3.05) is 29.3 Å². The van der Waals surface area contributed by atoms with Crippen molar-refractivity contribution in [1.82, 2.24) is 9.97 Å². The number of sulfonamides is 1. The normalized spacial score (nSPS) is 15.5. The molecule has 1 fully saturated rings. The average Bonchev–Trinajstić information content (AvgIpc) is 2.91. The number of nitrogens with one attached hydrogen (secondary N) is 1. The summed E-state index contributed by atoms with van der Waals surface area (Å²) in [5.41, 5.74) is -2.32. The molecule has 0 radical (unpaired) electrons. The van der Waals surface area contributed by atoms with Crippen LogP contribution in [0.15, 0.2) is 59.6 Å². The van der Waals surface area contributed by atoms with Crippen molar-refractivity contribution in [3.8, 4) is 17.0 Å². The summed E-state index contributed by atoms with van der Waals surface area (Å²) in [6.07, 6.45) is -4.04. The van der Waals surface area contributed by atoms with E-state index in [1.807, 2.05) is 13.8 Å². The number of nitrogens with zero attached hydrogens (tertiary/aromatic N) is 3. The van der Waals surface area contributed by atoms with Crippen molar-refractivity contribution < 1.29 is 36.2 Å². The highest BCUT2D eigenvalue weighted by molar-refractivity contribution is 7.92. The molecule has 0 aliphatic carbocycles. The number of aromatic nitrogens is 2. The Morgan fingerprint density at radius 3 is 2.39 bits per heavy atom. The Labute approximate surface area is 236 Å². The van der Waals surface area contributed by atoms with Gasteiger partial charge in [0.05, 0.1) is 23.3 Å². The molecule has 2 aromatic heterocycles. The number of aliphatic carboxylic acids is 1. The number of ether oxygens (including phenoxy) is 1. The fourth-order valence-corrected chi connectivity index (χ4v) is 5.32. The smallest absolute Gasteiger partial charge is 0.418 e. The summed E-state index contributed by atoms with van der Waals surface area (Å²) in [4.78, 5) is 21.7. The molecular weight excluding hydrogens is 561 g/mol. The van der Waals surface area contributed by atoms with E-state index in [1.54, 1.807) is 30.0 Å². The lowest BCUT2D eigenvalue weighted by Crippen LogP contribution is -2.43. The number of halogens is 3. The minimum Gasteiger partial charge on any atom is -0.493 e. The number of hydrogen-bond acceptors (Lipinski definition) is 7. The Hall–Kier alpha value is -3.87. The van der Waals surface area contributed by atoms with Crippen LogP contribution in [0.3, 0.4) is 0 Å². The minimum absolute atomic E-state index is 0.0695.